The molecule has 2 atom stereocenters. The summed E-state index contributed by atoms with van der Waals surface area (Å²) in [6.45, 7) is 7.08. The van der Waals surface area contributed by atoms with Crippen molar-refractivity contribution in [1.82, 2.24) is 15.5 Å². The Morgan fingerprint density at radius 1 is 1.14 bits per heavy atom. The standard InChI is InChI=1S/C16H30N4.HI/c1-16(2)10-14(16)19-15(17-3)18-12-8-9-20(11-12)13-6-4-5-7-13;/h12-14H,4-11H2,1-3H3,(H2,17,18,19);1H. The zero-order valence-electron chi connectivity index (χ0n) is 13.7. The van der Waals surface area contributed by atoms with E-state index in [0.29, 0.717) is 17.5 Å². The Bertz CT molecular complexity index is 376. The maximum Gasteiger partial charge on any atom is 0.191 e. The van der Waals surface area contributed by atoms with Crippen molar-refractivity contribution in [2.45, 2.75) is 70.5 Å². The van der Waals surface area contributed by atoms with Crippen LogP contribution in [0.15, 0.2) is 4.99 Å². The van der Waals surface area contributed by atoms with Crippen LogP contribution in [-0.2, 0) is 0 Å². The van der Waals surface area contributed by atoms with Gasteiger partial charge in [0, 0.05) is 38.3 Å². The van der Waals surface area contributed by atoms with Crippen LogP contribution < -0.4 is 10.6 Å². The van der Waals surface area contributed by atoms with E-state index in [1.807, 2.05) is 7.05 Å². The monoisotopic (exact) mass is 406 g/mol. The number of likely N-dealkylation sites (tertiary alicyclic amines) is 1. The van der Waals surface area contributed by atoms with E-state index in [-0.39, 0.29) is 24.0 Å². The summed E-state index contributed by atoms with van der Waals surface area (Å²) >= 11 is 0. The molecule has 5 heteroatoms. The molecule has 0 aromatic carbocycles. The van der Waals surface area contributed by atoms with Crippen molar-refractivity contribution in [3.8, 4) is 0 Å². The topological polar surface area (TPSA) is 39.7 Å². The highest BCUT2D eigenvalue weighted by molar-refractivity contribution is 14.0. The van der Waals surface area contributed by atoms with Gasteiger partial charge in [0.1, 0.15) is 0 Å². The maximum absolute atomic E-state index is 4.40. The number of hydrogen-bond acceptors (Lipinski definition) is 2. The molecule has 122 valence electrons. The molecule has 3 rings (SSSR count). The Morgan fingerprint density at radius 2 is 1.81 bits per heavy atom. The highest BCUT2D eigenvalue weighted by Crippen LogP contribution is 2.44. The van der Waals surface area contributed by atoms with Gasteiger partial charge in [-0.3, -0.25) is 9.89 Å². The van der Waals surface area contributed by atoms with Crippen molar-refractivity contribution in [1.29, 1.82) is 0 Å². The van der Waals surface area contributed by atoms with Crippen LogP contribution in [0, 0.1) is 5.41 Å². The number of aliphatic imine (C=N–C) groups is 1. The van der Waals surface area contributed by atoms with Gasteiger partial charge in [-0.1, -0.05) is 26.7 Å². The first kappa shape index (κ1) is 17.3. The minimum Gasteiger partial charge on any atom is -0.353 e. The second-order valence-corrected chi connectivity index (χ2v) is 7.52. The summed E-state index contributed by atoms with van der Waals surface area (Å²) in [5.74, 6) is 0.999. The highest BCUT2D eigenvalue weighted by Gasteiger charge is 2.46. The van der Waals surface area contributed by atoms with E-state index >= 15 is 0 Å². The van der Waals surface area contributed by atoms with Crippen LogP contribution in [-0.4, -0.2) is 49.1 Å². The Balaban J connectivity index is 0.00000161. The first-order chi connectivity index (χ1) is 9.58. The van der Waals surface area contributed by atoms with Crippen LogP contribution in [0.2, 0.25) is 0 Å². The Morgan fingerprint density at radius 3 is 2.38 bits per heavy atom. The number of nitrogens with one attached hydrogen (secondary N) is 2. The molecule has 4 nitrogen and oxygen atoms in total. The van der Waals surface area contributed by atoms with Gasteiger partial charge in [-0.2, -0.15) is 0 Å². The van der Waals surface area contributed by atoms with E-state index in [2.05, 4.69) is 34.4 Å². The van der Waals surface area contributed by atoms with E-state index in [1.54, 1.807) is 0 Å². The summed E-state index contributed by atoms with van der Waals surface area (Å²) < 4.78 is 0. The fourth-order valence-corrected chi connectivity index (χ4v) is 3.75. The van der Waals surface area contributed by atoms with Crippen LogP contribution >= 0.6 is 24.0 Å². The minimum atomic E-state index is 0. The van der Waals surface area contributed by atoms with Gasteiger partial charge in [0.15, 0.2) is 5.96 Å². The average molecular weight is 406 g/mol. The quantitative estimate of drug-likeness (QED) is 0.430. The first-order valence-corrected chi connectivity index (χ1v) is 8.32. The van der Waals surface area contributed by atoms with Gasteiger partial charge in [0.25, 0.3) is 0 Å². The van der Waals surface area contributed by atoms with Crippen LogP contribution in [0.5, 0.6) is 0 Å². The molecule has 2 aliphatic carbocycles. The molecule has 0 amide bonds. The van der Waals surface area contributed by atoms with E-state index in [9.17, 15) is 0 Å². The second kappa shape index (κ2) is 7.02. The predicted octanol–water partition coefficient (Wildman–Crippen LogP) is 2.58. The lowest BCUT2D eigenvalue weighted by molar-refractivity contribution is 0.242. The molecular formula is C16H31IN4. The van der Waals surface area contributed by atoms with Crippen LogP contribution in [0.1, 0.15) is 52.4 Å². The van der Waals surface area contributed by atoms with Crippen LogP contribution in [0.25, 0.3) is 0 Å². The van der Waals surface area contributed by atoms with Gasteiger partial charge < -0.3 is 10.6 Å². The smallest absolute Gasteiger partial charge is 0.191 e. The molecule has 0 spiro atoms. The summed E-state index contributed by atoms with van der Waals surface area (Å²) in [5.41, 5.74) is 0.448. The fraction of sp³-hybridized carbons (Fsp3) is 0.938. The fourth-order valence-electron chi connectivity index (χ4n) is 3.75. The summed E-state index contributed by atoms with van der Waals surface area (Å²) in [4.78, 5) is 7.09. The van der Waals surface area contributed by atoms with E-state index < -0.39 is 0 Å². The van der Waals surface area contributed by atoms with E-state index in [1.165, 1.54) is 51.6 Å². The summed E-state index contributed by atoms with van der Waals surface area (Å²) in [6, 6.07) is 2.03. The van der Waals surface area contributed by atoms with Gasteiger partial charge >= 0.3 is 0 Å². The Labute approximate surface area is 146 Å². The minimum absolute atomic E-state index is 0. The lowest BCUT2D eigenvalue weighted by Gasteiger charge is -2.24. The molecule has 1 heterocycles. The van der Waals surface area contributed by atoms with Crippen LogP contribution in [0.3, 0.4) is 0 Å². The third kappa shape index (κ3) is 4.24. The number of hydrogen-bond donors (Lipinski definition) is 2. The van der Waals surface area contributed by atoms with Gasteiger partial charge in [-0.15, -0.1) is 24.0 Å². The van der Waals surface area contributed by atoms with Crippen LogP contribution in [0.4, 0.5) is 0 Å². The van der Waals surface area contributed by atoms with Crippen molar-refractivity contribution in [2.24, 2.45) is 10.4 Å². The summed E-state index contributed by atoms with van der Waals surface area (Å²) in [6.07, 6.45) is 8.20. The average Bonchev–Trinajstić information content (AvgIpc) is 2.89. The maximum atomic E-state index is 4.40. The molecule has 2 N–H and O–H groups in total. The van der Waals surface area contributed by atoms with E-state index in [4.69, 9.17) is 0 Å². The van der Waals surface area contributed by atoms with Gasteiger partial charge in [0.2, 0.25) is 0 Å². The molecular weight excluding hydrogens is 375 g/mol. The Kier molecular flexibility index (Phi) is 5.79. The van der Waals surface area contributed by atoms with Crippen molar-refractivity contribution in [2.75, 3.05) is 20.1 Å². The molecule has 3 aliphatic rings. The zero-order chi connectivity index (χ0) is 14.2. The van der Waals surface area contributed by atoms with Crippen molar-refractivity contribution < 1.29 is 0 Å². The molecule has 0 aromatic rings. The molecule has 2 saturated carbocycles. The number of halogens is 1. The number of rotatable bonds is 3. The third-order valence-corrected chi connectivity index (χ3v) is 5.45. The predicted molar refractivity (Wildman–Crippen MR) is 99.5 cm³/mol. The molecule has 2 unspecified atom stereocenters. The lowest BCUT2D eigenvalue weighted by atomic mass is 10.2. The highest BCUT2D eigenvalue weighted by atomic mass is 127. The molecule has 21 heavy (non-hydrogen) atoms. The largest absolute Gasteiger partial charge is 0.353 e. The Hall–Kier alpha value is -0.0400. The van der Waals surface area contributed by atoms with E-state index in [0.717, 1.165) is 12.0 Å². The normalized spacial score (nSPS) is 32.8. The third-order valence-electron chi connectivity index (χ3n) is 5.45. The summed E-state index contributed by atoms with van der Waals surface area (Å²) in [7, 11) is 1.88. The number of guanidine groups is 1. The summed E-state index contributed by atoms with van der Waals surface area (Å²) in [5, 5.41) is 7.19. The van der Waals surface area contributed by atoms with Gasteiger partial charge in [0.05, 0.1) is 0 Å². The second-order valence-electron chi connectivity index (χ2n) is 7.52. The molecule has 0 radical (unpaired) electrons. The van der Waals surface area contributed by atoms with Gasteiger partial charge in [-0.25, -0.2) is 0 Å². The molecule has 0 bridgehead atoms. The molecule has 1 saturated heterocycles. The van der Waals surface area contributed by atoms with Crippen molar-refractivity contribution >= 4 is 29.9 Å². The SMILES string of the molecule is CN=C(NC1CCN(C2CCCC2)C1)NC1CC1(C)C.I. The molecule has 0 aromatic heterocycles. The first-order valence-electron chi connectivity index (χ1n) is 8.32. The van der Waals surface area contributed by atoms with Gasteiger partial charge in [-0.05, 0) is 31.1 Å². The van der Waals surface area contributed by atoms with Crippen molar-refractivity contribution in [3.05, 3.63) is 0 Å². The molecule has 3 fully saturated rings. The zero-order valence-corrected chi connectivity index (χ0v) is 16.0. The lowest BCUT2D eigenvalue weighted by Crippen LogP contribution is -2.46. The molecule has 1 aliphatic heterocycles. The van der Waals surface area contributed by atoms with Crippen molar-refractivity contribution in [3.63, 3.8) is 0 Å². The number of nitrogens with zero attached hydrogens (tertiary/aromatic N) is 2.